The summed E-state index contributed by atoms with van der Waals surface area (Å²) in [6.07, 6.45) is 7.88. The van der Waals surface area contributed by atoms with E-state index < -0.39 is 0 Å². The standard InChI is InChI=1S/C15H19NO/c1-2-10-16-11-8-15(9-12-16)17-13-14-6-4-3-5-7-14/h1,3-7,15H,8-13H2. The van der Waals surface area contributed by atoms with Crippen LogP contribution >= 0.6 is 0 Å². The zero-order valence-electron chi connectivity index (χ0n) is 10.1. The molecule has 2 rings (SSSR count). The van der Waals surface area contributed by atoms with Gasteiger partial charge in [0, 0.05) is 13.1 Å². The number of benzene rings is 1. The van der Waals surface area contributed by atoms with E-state index in [0.29, 0.717) is 6.10 Å². The molecule has 1 saturated heterocycles. The molecule has 0 aromatic heterocycles. The van der Waals surface area contributed by atoms with Crippen molar-refractivity contribution >= 4 is 0 Å². The van der Waals surface area contributed by atoms with Crippen LogP contribution in [0.2, 0.25) is 0 Å². The molecule has 0 radical (unpaired) electrons. The van der Waals surface area contributed by atoms with E-state index in [4.69, 9.17) is 11.2 Å². The first-order chi connectivity index (χ1) is 8.38. The topological polar surface area (TPSA) is 12.5 Å². The molecule has 0 aliphatic carbocycles. The lowest BCUT2D eigenvalue weighted by molar-refractivity contribution is -0.0000231. The molecule has 1 aliphatic rings. The minimum atomic E-state index is 0.393. The second-order valence-electron chi connectivity index (χ2n) is 4.48. The van der Waals surface area contributed by atoms with Gasteiger partial charge in [-0.05, 0) is 18.4 Å². The minimum Gasteiger partial charge on any atom is -0.373 e. The number of piperidine rings is 1. The summed E-state index contributed by atoms with van der Waals surface area (Å²) in [5, 5.41) is 0. The molecular weight excluding hydrogens is 210 g/mol. The molecule has 0 spiro atoms. The van der Waals surface area contributed by atoms with Gasteiger partial charge in [0.1, 0.15) is 0 Å². The van der Waals surface area contributed by atoms with Gasteiger partial charge in [-0.25, -0.2) is 0 Å². The molecule has 0 N–H and O–H groups in total. The Labute approximate surface area is 104 Å². The number of likely N-dealkylation sites (tertiary alicyclic amines) is 1. The van der Waals surface area contributed by atoms with Crippen LogP contribution in [-0.4, -0.2) is 30.6 Å². The molecular formula is C15H19NO. The lowest BCUT2D eigenvalue weighted by atomic mass is 10.1. The second kappa shape index (κ2) is 6.44. The van der Waals surface area contributed by atoms with E-state index in [1.807, 2.05) is 18.2 Å². The van der Waals surface area contributed by atoms with Gasteiger partial charge in [0.2, 0.25) is 0 Å². The summed E-state index contributed by atoms with van der Waals surface area (Å²) in [5.74, 6) is 2.70. The van der Waals surface area contributed by atoms with Crippen molar-refractivity contribution in [3.8, 4) is 12.3 Å². The highest BCUT2D eigenvalue weighted by molar-refractivity contribution is 5.13. The molecule has 90 valence electrons. The zero-order chi connectivity index (χ0) is 11.9. The Morgan fingerprint density at radius 2 is 1.94 bits per heavy atom. The minimum absolute atomic E-state index is 0.393. The maximum Gasteiger partial charge on any atom is 0.0720 e. The van der Waals surface area contributed by atoms with E-state index in [9.17, 15) is 0 Å². The summed E-state index contributed by atoms with van der Waals surface area (Å²) in [6.45, 7) is 3.61. The molecule has 1 fully saturated rings. The third-order valence-corrected chi connectivity index (χ3v) is 3.18. The van der Waals surface area contributed by atoms with Gasteiger partial charge >= 0.3 is 0 Å². The normalized spacial score (nSPS) is 17.8. The molecule has 0 bridgehead atoms. The summed E-state index contributed by atoms with van der Waals surface area (Å²) in [7, 11) is 0. The molecule has 1 aliphatic heterocycles. The molecule has 0 amide bonds. The monoisotopic (exact) mass is 229 g/mol. The highest BCUT2D eigenvalue weighted by atomic mass is 16.5. The van der Waals surface area contributed by atoms with Gasteiger partial charge in [0.05, 0.1) is 19.3 Å². The molecule has 0 saturated carbocycles. The fraction of sp³-hybridized carbons (Fsp3) is 0.467. The predicted octanol–water partition coefficient (Wildman–Crippen LogP) is 2.30. The quantitative estimate of drug-likeness (QED) is 0.735. The maximum atomic E-state index is 5.92. The first-order valence-corrected chi connectivity index (χ1v) is 6.20. The van der Waals surface area contributed by atoms with Crippen molar-refractivity contribution in [1.82, 2.24) is 4.90 Å². The Bertz CT molecular complexity index is 360. The molecule has 1 heterocycles. The Hall–Kier alpha value is -1.30. The van der Waals surface area contributed by atoms with Crippen LogP contribution in [0.3, 0.4) is 0 Å². The average Bonchev–Trinajstić information content (AvgIpc) is 2.40. The summed E-state index contributed by atoms with van der Waals surface area (Å²) in [4.78, 5) is 2.31. The Morgan fingerprint density at radius 3 is 2.59 bits per heavy atom. The van der Waals surface area contributed by atoms with E-state index in [2.05, 4.69) is 23.0 Å². The van der Waals surface area contributed by atoms with Crippen LogP contribution < -0.4 is 0 Å². The smallest absolute Gasteiger partial charge is 0.0720 e. The predicted molar refractivity (Wildman–Crippen MR) is 69.5 cm³/mol. The van der Waals surface area contributed by atoms with Crippen LogP contribution in [0.1, 0.15) is 18.4 Å². The van der Waals surface area contributed by atoms with Crippen LogP contribution in [0.4, 0.5) is 0 Å². The van der Waals surface area contributed by atoms with E-state index in [0.717, 1.165) is 39.1 Å². The fourth-order valence-electron chi connectivity index (χ4n) is 2.15. The highest BCUT2D eigenvalue weighted by Gasteiger charge is 2.18. The van der Waals surface area contributed by atoms with Gasteiger partial charge in [-0.2, -0.15) is 0 Å². The van der Waals surface area contributed by atoms with E-state index >= 15 is 0 Å². The molecule has 2 nitrogen and oxygen atoms in total. The van der Waals surface area contributed by atoms with Crippen molar-refractivity contribution in [3.05, 3.63) is 35.9 Å². The number of nitrogens with zero attached hydrogens (tertiary/aromatic N) is 1. The third kappa shape index (κ3) is 3.89. The van der Waals surface area contributed by atoms with Crippen molar-refractivity contribution in [1.29, 1.82) is 0 Å². The molecule has 1 aromatic rings. The van der Waals surface area contributed by atoms with Gasteiger partial charge in [-0.1, -0.05) is 36.3 Å². The highest BCUT2D eigenvalue weighted by Crippen LogP contribution is 2.15. The largest absolute Gasteiger partial charge is 0.373 e. The third-order valence-electron chi connectivity index (χ3n) is 3.18. The van der Waals surface area contributed by atoms with Gasteiger partial charge < -0.3 is 4.74 Å². The second-order valence-corrected chi connectivity index (χ2v) is 4.48. The van der Waals surface area contributed by atoms with E-state index in [1.54, 1.807) is 0 Å². The molecule has 1 aromatic carbocycles. The number of hydrogen-bond donors (Lipinski definition) is 0. The van der Waals surface area contributed by atoms with Crippen LogP contribution in [0.5, 0.6) is 0 Å². The van der Waals surface area contributed by atoms with Crippen LogP contribution in [0.15, 0.2) is 30.3 Å². The Morgan fingerprint density at radius 1 is 1.24 bits per heavy atom. The van der Waals surface area contributed by atoms with Gasteiger partial charge in [0.25, 0.3) is 0 Å². The van der Waals surface area contributed by atoms with Crippen molar-refractivity contribution in [2.45, 2.75) is 25.6 Å². The maximum absolute atomic E-state index is 5.92. The lowest BCUT2D eigenvalue weighted by Crippen LogP contribution is -2.37. The average molecular weight is 229 g/mol. The number of terminal acetylenes is 1. The van der Waals surface area contributed by atoms with Crippen molar-refractivity contribution in [3.63, 3.8) is 0 Å². The lowest BCUT2D eigenvalue weighted by Gasteiger charge is -2.30. The molecule has 2 heteroatoms. The van der Waals surface area contributed by atoms with Crippen LogP contribution in [-0.2, 0) is 11.3 Å². The molecule has 17 heavy (non-hydrogen) atoms. The Kier molecular flexibility index (Phi) is 4.61. The van der Waals surface area contributed by atoms with Crippen LogP contribution in [0.25, 0.3) is 0 Å². The van der Waals surface area contributed by atoms with Crippen molar-refractivity contribution < 1.29 is 4.74 Å². The summed E-state index contributed by atoms with van der Waals surface area (Å²) < 4.78 is 5.92. The zero-order valence-corrected chi connectivity index (χ0v) is 10.1. The van der Waals surface area contributed by atoms with Crippen molar-refractivity contribution in [2.75, 3.05) is 19.6 Å². The Balaban J connectivity index is 1.70. The van der Waals surface area contributed by atoms with Gasteiger partial charge in [-0.3, -0.25) is 4.90 Å². The molecule has 0 unspecified atom stereocenters. The number of hydrogen-bond acceptors (Lipinski definition) is 2. The first-order valence-electron chi connectivity index (χ1n) is 6.20. The molecule has 0 atom stereocenters. The van der Waals surface area contributed by atoms with Crippen molar-refractivity contribution in [2.24, 2.45) is 0 Å². The number of rotatable bonds is 4. The van der Waals surface area contributed by atoms with E-state index in [1.165, 1.54) is 5.56 Å². The summed E-state index contributed by atoms with van der Waals surface area (Å²) >= 11 is 0. The van der Waals surface area contributed by atoms with Gasteiger partial charge in [0.15, 0.2) is 0 Å². The fourth-order valence-corrected chi connectivity index (χ4v) is 2.15. The first kappa shape index (κ1) is 12.2. The SMILES string of the molecule is C#CCN1CCC(OCc2ccccc2)CC1. The summed E-state index contributed by atoms with van der Waals surface area (Å²) in [6, 6.07) is 10.3. The number of ether oxygens (including phenoxy) is 1. The van der Waals surface area contributed by atoms with Crippen LogP contribution in [0, 0.1) is 12.3 Å². The van der Waals surface area contributed by atoms with Gasteiger partial charge in [-0.15, -0.1) is 6.42 Å². The summed E-state index contributed by atoms with van der Waals surface area (Å²) in [5.41, 5.74) is 1.25. The van der Waals surface area contributed by atoms with E-state index in [-0.39, 0.29) is 0 Å².